The Morgan fingerprint density at radius 1 is 0.935 bits per heavy atom. The molecule has 0 atom stereocenters. The molecule has 0 saturated heterocycles. The average molecular weight is 414 g/mol. The number of carbonyl (C=O) groups is 3. The lowest BCUT2D eigenvalue weighted by Gasteiger charge is -2.15. The van der Waals surface area contributed by atoms with Gasteiger partial charge in [0.25, 0.3) is 5.91 Å². The van der Waals surface area contributed by atoms with Crippen LogP contribution in [0.15, 0.2) is 72.8 Å². The number of hydrogen-bond donors (Lipinski definition) is 1. The minimum Gasteiger partial charge on any atom is -0.457 e. The van der Waals surface area contributed by atoms with Gasteiger partial charge in [-0.15, -0.1) is 0 Å². The minimum absolute atomic E-state index is 0.00748. The van der Waals surface area contributed by atoms with E-state index >= 15 is 0 Å². The van der Waals surface area contributed by atoms with Crippen LogP contribution in [-0.2, 0) is 22.6 Å². The van der Waals surface area contributed by atoms with E-state index in [0.717, 1.165) is 23.2 Å². The molecule has 0 aromatic heterocycles. The first-order valence-corrected chi connectivity index (χ1v) is 10.0. The predicted molar refractivity (Wildman–Crippen MR) is 118 cm³/mol. The van der Waals surface area contributed by atoms with Crippen LogP contribution >= 0.6 is 0 Å². The summed E-state index contributed by atoms with van der Waals surface area (Å²) < 4.78 is 5.35. The molecule has 0 aliphatic carbocycles. The smallest absolute Gasteiger partial charge is 0.338 e. The Morgan fingerprint density at radius 2 is 1.74 bits per heavy atom. The van der Waals surface area contributed by atoms with Gasteiger partial charge in [0.2, 0.25) is 5.91 Å². The van der Waals surface area contributed by atoms with Crippen molar-refractivity contribution in [2.45, 2.75) is 20.0 Å². The van der Waals surface area contributed by atoms with E-state index in [4.69, 9.17) is 4.74 Å². The first kappa shape index (κ1) is 20.3. The number of benzene rings is 3. The number of hydrogen-bond acceptors (Lipinski definition) is 4. The molecule has 6 nitrogen and oxygen atoms in total. The Kier molecular flexibility index (Phi) is 5.80. The maximum Gasteiger partial charge on any atom is 0.338 e. The second kappa shape index (κ2) is 8.83. The third-order valence-electron chi connectivity index (χ3n) is 5.19. The van der Waals surface area contributed by atoms with Crippen LogP contribution in [0.1, 0.15) is 38.8 Å². The van der Waals surface area contributed by atoms with Gasteiger partial charge in [-0.05, 0) is 53.9 Å². The number of anilines is 2. The molecule has 4 rings (SSSR count). The van der Waals surface area contributed by atoms with Gasteiger partial charge in [-0.25, -0.2) is 4.79 Å². The molecular weight excluding hydrogens is 392 g/mol. The van der Waals surface area contributed by atoms with Gasteiger partial charge in [-0.1, -0.05) is 36.4 Å². The predicted octanol–water partition coefficient (Wildman–Crippen LogP) is 4.20. The van der Waals surface area contributed by atoms with Gasteiger partial charge in [0.1, 0.15) is 6.61 Å². The first-order chi connectivity index (χ1) is 15.0. The first-order valence-electron chi connectivity index (χ1n) is 10.0. The van der Waals surface area contributed by atoms with E-state index < -0.39 is 5.97 Å². The minimum atomic E-state index is -0.457. The topological polar surface area (TPSA) is 75.7 Å². The Hall–Kier alpha value is -3.93. The zero-order valence-corrected chi connectivity index (χ0v) is 17.1. The average Bonchev–Trinajstić information content (AvgIpc) is 3.22. The fourth-order valence-corrected chi connectivity index (χ4v) is 3.60. The normalized spacial score (nSPS) is 12.2. The molecule has 2 amide bonds. The highest BCUT2D eigenvalue weighted by Crippen LogP contribution is 2.29. The number of esters is 1. The van der Waals surface area contributed by atoms with Crippen molar-refractivity contribution in [3.05, 3.63) is 95.1 Å². The summed E-state index contributed by atoms with van der Waals surface area (Å²) in [4.78, 5) is 38.5. The lowest BCUT2D eigenvalue weighted by atomic mass is 10.1. The number of amides is 2. The molecule has 0 spiro atoms. The maximum atomic E-state index is 12.7. The van der Waals surface area contributed by atoms with Crippen LogP contribution in [0.4, 0.5) is 11.4 Å². The van der Waals surface area contributed by atoms with Gasteiger partial charge >= 0.3 is 5.97 Å². The molecule has 0 bridgehead atoms. The zero-order valence-electron chi connectivity index (χ0n) is 17.1. The highest BCUT2D eigenvalue weighted by molar-refractivity contribution is 6.05. The molecule has 0 saturated carbocycles. The molecule has 0 radical (unpaired) electrons. The summed E-state index contributed by atoms with van der Waals surface area (Å²) >= 11 is 0. The van der Waals surface area contributed by atoms with Gasteiger partial charge in [-0.3, -0.25) is 9.59 Å². The van der Waals surface area contributed by atoms with Crippen molar-refractivity contribution in [2.24, 2.45) is 0 Å². The van der Waals surface area contributed by atoms with Crippen molar-refractivity contribution in [1.29, 1.82) is 0 Å². The van der Waals surface area contributed by atoms with Gasteiger partial charge in [0, 0.05) is 30.4 Å². The molecule has 6 heteroatoms. The molecule has 31 heavy (non-hydrogen) atoms. The fraction of sp³-hybridized carbons (Fsp3) is 0.160. The quantitative estimate of drug-likeness (QED) is 0.635. The fourth-order valence-electron chi connectivity index (χ4n) is 3.60. The number of nitrogens with one attached hydrogen (secondary N) is 1. The van der Waals surface area contributed by atoms with Crippen molar-refractivity contribution in [1.82, 2.24) is 0 Å². The van der Waals surface area contributed by atoms with Crippen LogP contribution in [0.2, 0.25) is 0 Å². The number of ether oxygens (including phenoxy) is 1. The number of carbonyl (C=O) groups excluding carboxylic acids is 3. The van der Waals surface area contributed by atoms with Crippen molar-refractivity contribution in [2.75, 3.05) is 16.8 Å². The maximum absolute atomic E-state index is 12.7. The summed E-state index contributed by atoms with van der Waals surface area (Å²) in [6.07, 6.45) is 0.721. The summed E-state index contributed by atoms with van der Waals surface area (Å²) in [5.41, 5.74) is 4.10. The lowest BCUT2D eigenvalue weighted by Crippen LogP contribution is -2.25. The summed E-state index contributed by atoms with van der Waals surface area (Å²) in [5, 5.41) is 2.83. The van der Waals surface area contributed by atoms with Crippen LogP contribution in [0.3, 0.4) is 0 Å². The third-order valence-corrected chi connectivity index (χ3v) is 5.19. The Morgan fingerprint density at radius 3 is 2.52 bits per heavy atom. The summed E-state index contributed by atoms with van der Waals surface area (Å²) in [7, 11) is 0. The highest BCUT2D eigenvalue weighted by Gasteiger charge is 2.23. The third kappa shape index (κ3) is 4.64. The van der Waals surface area contributed by atoms with Crippen molar-refractivity contribution < 1.29 is 19.1 Å². The lowest BCUT2D eigenvalue weighted by molar-refractivity contribution is -0.116. The van der Waals surface area contributed by atoms with Crippen molar-refractivity contribution in [3.8, 4) is 0 Å². The van der Waals surface area contributed by atoms with E-state index in [2.05, 4.69) is 5.32 Å². The largest absolute Gasteiger partial charge is 0.457 e. The van der Waals surface area contributed by atoms with Gasteiger partial charge in [0.15, 0.2) is 0 Å². The summed E-state index contributed by atoms with van der Waals surface area (Å²) in [6, 6.07) is 21.4. The molecule has 1 aliphatic heterocycles. The van der Waals surface area contributed by atoms with E-state index in [1.165, 1.54) is 6.92 Å². The Bertz CT molecular complexity index is 1140. The van der Waals surface area contributed by atoms with Crippen LogP contribution in [0.5, 0.6) is 0 Å². The zero-order chi connectivity index (χ0) is 21.8. The summed E-state index contributed by atoms with van der Waals surface area (Å²) in [5.74, 6) is -0.743. The Balaban J connectivity index is 1.42. The van der Waals surface area contributed by atoms with E-state index in [-0.39, 0.29) is 18.4 Å². The van der Waals surface area contributed by atoms with E-state index in [9.17, 15) is 14.4 Å². The second-order valence-electron chi connectivity index (χ2n) is 7.36. The molecule has 1 heterocycles. The molecule has 1 N–H and O–H groups in total. The van der Waals surface area contributed by atoms with Crippen molar-refractivity contribution >= 4 is 29.2 Å². The molecule has 0 unspecified atom stereocenters. The van der Waals surface area contributed by atoms with Crippen LogP contribution in [0.25, 0.3) is 0 Å². The molecule has 1 aliphatic rings. The number of rotatable bonds is 5. The van der Waals surface area contributed by atoms with Crippen LogP contribution in [-0.4, -0.2) is 24.3 Å². The number of nitrogens with zero attached hydrogens (tertiary/aromatic N) is 1. The monoisotopic (exact) mass is 414 g/mol. The molecule has 3 aromatic carbocycles. The van der Waals surface area contributed by atoms with Gasteiger partial charge in [0.05, 0.1) is 5.56 Å². The second-order valence-corrected chi connectivity index (χ2v) is 7.36. The molecule has 156 valence electrons. The van der Waals surface area contributed by atoms with Crippen molar-refractivity contribution in [3.63, 3.8) is 0 Å². The van der Waals surface area contributed by atoms with Gasteiger partial charge < -0.3 is 15.0 Å². The summed E-state index contributed by atoms with van der Waals surface area (Å²) in [6.45, 7) is 2.35. The highest BCUT2D eigenvalue weighted by atomic mass is 16.5. The van der Waals surface area contributed by atoms with E-state index in [1.807, 2.05) is 36.4 Å². The Labute approximate surface area is 180 Å². The van der Waals surface area contributed by atoms with Crippen LogP contribution in [0, 0.1) is 0 Å². The number of fused-ring (bicyclic) bond motifs is 1. The SMILES string of the molecule is CC(=O)N1CCc2cc(C(=O)Nc3cccc(C(=O)OCc4ccccc4)c3)ccc21. The molecule has 3 aromatic rings. The standard InChI is InChI=1S/C25H22N2O4/c1-17(28)27-13-12-19-14-20(10-11-23(19)27)24(29)26-22-9-5-8-21(15-22)25(30)31-16-18-6-3-2-4-7-18/h2-11,14-15H,12-13,16H2,1H3,(H,26,29). The van der Waals surface area contributed by atoms with Gasteiger partial charge in [-0.2, -0.15) is 0 Å². The van der Waals surface area contributed by atoms with E-state index in [0.29, 0.717) is 23.4 Å². The molecule has 0 fully saturated rings. The van der Waals surface area contributed by atoms with Crippen LogP contribution < -0.4 is 10.2 Å². The van der Waals surface area contributed by atoms with E-state index in [1.54, 1.807) is 41.3 Å². The molecular formula is C25H22N2O4.